The van der Waals surface area contributed by atoms with E-state index >= 15 is 0 Å². The standard InChI is InChI=1S/C12H13.C3H6.2ClH.Zr/c1-9-7-8-12(10(9)2)11-5-3-4-6-11;1-3-2;;;/h3-5H,6-7H2,1-2H3;1-2H3;2*1H;/q;;;;+2/p-2. The summed E-state index contributed by atoms with van der Waals surface area (Å²) in [5, 5.41) is 0. The van der Waals surface area contributed by atoms with Crippen molar-refractivity contribution in [3.05, 3.63) is 43.8 Å². The van der Waals surface area contributed by atoms with Crippen molar-refractivity contribution in [2.45, 2.75) is 40.5 Å². The van der Waals surface area contributed by atoms with Crippen LogP contribution in [0.3, 0.4) is 0 Å². The van der Waals surface area contributed by atoms with Gasteiger partial charge in [-0.05, 0) is 0 Å². The predicted molar refractivity (Wildman–Crippen MR) is 68.2 cm³/mol. The first kappa shape index (κ1) is 18.3. The van der Waals surface area contributed by atoms with Gasteiger partial charge in [0, 0.05) is 0 Å². The van der Waals surface area contributed by atoms with Crippen molar-refractivity contribution in [1.82, 2.24) is 0 Å². The Bertz CT molecular complexity index is 473. The molecule has 2 aliphatic carbocycles. The van der Waals surface area contributed by atoms with Crippen LogP contribution in [-0.2, 0) is 22.8 Å². The fourth-order valence-electron chi connectivity index (χ4n) is 2.40. The molecule has 0 heterocycles. The molecule has 0 nitrogen and oxygen atoms in total. The van der Waals surface area contributed by atoms with Crippen LogP contribution in [0.4, 0.5) is 0 Å². The molecule has 0 aromatic heterocycles. The van der Waals surface area contributed by atoms with Crippen molar-refractivity contribution in [2.75, 3.05) is 0 Å². The molecule has 0 fully saturated rings. The number of rotatable bonds is 2. The largest absolute Gasteiger partial charge is 1.00 e. The van der Waals surface area contributed by atoms with E-state index in [4.69, 9.17) is 0 Å². The van der Waals surface area contributed by atoms with Crippen molar-refractivity contribution >= 4 is 3.21 Å². The summed E-state index contributed by atoms with van der Waals surface area (Å²) in [4.78, 5) is 0. The first-order valence-electron chi connectivity index (χ1n) is 5.92. The van der Waals surface area contributed by atoms with Crippen molar-refractivity contribution in [2.24, 2.45) is 0 Å². The van der Waals surface area contributed by atoms with Crippen LogP contribution in [0.25, 0.3) is 0 Å². The van der Waals surface area contributed by atoms with E-state index in [1.807, 2.05) is 0 Å². The summed E-state index contributed by atoms with van der Waals surface area (Å²) in [6, 6.07) is 0. The topological polar surface area (TPSA) is 0 Å². The second-order valence-corrected chi connectivity index (χ2v) is 9.44. The van der Waals surface area contributed by atoms with E-state index in [0.717, 1.165) is 6.42 Å². The zero-order valence-corrected chi connectivity index (χ0v) is 15.4. The summed E-state index contributed by atoms with van der Waals surface area (Å²) in [6.45, 7) is 9.22. The van der Waals surface area contributed by atoms with Crippen LogP contribution in [0.1, 0.15) is 40.5 Å². The summed E-state index contributed by atoms with van der Waals surface area (Å²) in [5.74, 6) is 0. The van der Waals surface area contributed by atoms with E-state index in [2.05, 4.69) is 45.9 Å². The molecule has 18 heavy (non-hydrogen) atoms. The third kappa shape index (κ3) is 3.89. The molecule has 0 unspecified atom stereocenters. The first-order chi connectivity index (χ1) is 7.59. The SMILES string of the molecule is C[C](C)=[Zr+2][C]1=C(C2=CC=CC2)C(C)=C(C)C1.[Cl-].[Cl-]. The number of hydrogen-bond acceptors (Lipinski definition) is 0. The first-order valence-corrected chi connectivity index (χ1v) is 8.38. The average molecular weight is 361 g/mol. The molecule has 0 saturated carbocycles. The Morgan fingerprint density at radius 3 is 2.33 bits per heavy atom. The average Bonchev–Trinajstić information content (AvgIpc) is 2.76. The van der Waals surface area contributed by atoms with Crippen LogP contribution < -0.4 is 24.8 Å². The Balaban J connectivity index is 0.00000144. The minimum Gasteiger partial charge on any atom is -1.00 e. The van der Waals surface area contributed by atoms with Crippen LogP contribution in [0, 0.1) is 0 Å². The van der Waals surface area contributed by atoms with Crippen LogP contribution in [-0.4, -0.2) is 3.21 Å². The molecular weight excluding hydrogens is 342 g/mol. The van der Waals surface area contributed by atoms with Gasteiger partial charge in [0.2, 0.25) is 0 Å². The van der Waals surface area contributed by atoms with E-state index in [1.54, 1.807) is 28.8 Å². The Labute approximate surface area is 134 Å². The zero-order valence-electron chi connectivity index (χ0n) is 11.4. The quantitative estimate of drug-likeness (QED) is 0.543. The number of halogens is 2. The van der Waals surface area contributed by atoms with Crippen LogP contribution in [0.2, 0.25) is 0 Å². The van der Waals surface area contributed by atoms with E-state index in [9.17, 15) is 0 Å². The fourth-order valence-corrected chi connectivity index (χ4v) is 5.92. The van der Waals surface area contributed by atoms with Gasteiger partial charge in [-0.2, -0.15) is 0 Å². The molecule has 2 rings (SSSR count). The summed E-state index contributed by atoms with van der Waals surface area (Å²) in [6.07, 6.45) is 9.19. The molecule has 0 aromatic rings. The fraction of sp³-hybridized carbons (Fsp3) is 0.400. The Morgan fingerprint density at radius 2 is 1.83 bits per heavy atom. The van der Waals surface area contributed by atoms with Gasteiger partial charge in [-0.25, -0.2) is 0 Å². The number of allylic oxidation sites excluding steroid dienone is 8. The Hall–Kier alpha value is 0.293. The van der Waals surface area contributed by atoms with Crippen LogP contribution in [0.5, 0.6) is 0 Å². The molecule has 0 aliphatic heterocycles. The van der Waals surface area contributed by atoms with Crippen molar-refractivity contribution in [1.29, 1.82) is 0 Å². The summed E-state index contributed by atoms with van der Waals surface area (Å²) in [7, 11) is 0. The van der Waals surface area contributed by atoms with Gasteiger partial charge in [0.25, 0.3) is 0 Å². The molecule has 97 valence electrons. The maximum Gasteiger partial charge on any atom is -1.00 e. The summed E-state index contributed by atoms with van der Waals surface area (Å²) >= 11 is -0.428. The normalized spacial score (nSPS) is 17.2. The zero-order chi connectivity index (χ0) is 11.7. The van der Waals surface area contributed by atoms with E-state index in [1.165, 1.54) is 6.42 Å². The molecule has 0 spiro atoms. The van der Waals surface area contributed by atoms with Gasteiger partial charge < -0.3 is 24.8 Å². The molecule has 0 N–H and O–H groups in total. The van der Waals surface area contributed by atoms with E-state index < -0.39 is 22.8 Å². The molecule has 0 saturated heterocycles. The molecule has 0 aromatic carbocycles. The van der Waals surface area contributed by atoms with Gasteiger partial charge in [-0.1, -0.05) is 0 Å². The number of hydrogen-bond donors (Lipinski definition) is 0. The van der Waals surface area contributed by atoms with Gasteiger partial charge in [-0.15, -0.1) is 0 Å². The minimum atomic E-state index is -0.428. The minimum absolute atomic E-state index is 0. The maximum atomic E-state index is 2.31. The van der Waals surface area contributed by atoms with Gasteiger partial charge >= 0.3 is 110 Å². The van der Waals surface area contributed by atoms with Gasteiger partial charge in [0.1, 0.15) is 0 Å². The summed E-state index contributed by atoms with van der Waals surface area (Å²) in [5.41, 5.74) is 6.36. The second kappa shape index (κ2) is 7.78. The molecule has 0 radical (unpaired) electrons. The maximum absolute atomic E-state index is 2.31. The van der Waals surface area contributed by atoms with Crippen LogP contribution >= 0.6 is 0 Å². The van der Waals surface area contributed by atoms with Gasteiger partial charge in [0.15, 0.2) is 0 Å². The Kier molecular flexibility index (Phi) is 7.91. The Morgan fingerprint density at radius 1 is 1.17 bits per heavy atom. The van der Waals surface area contributed by atoms with Gasteiger partial charge in [-0.3, -0.25) is 0 Å². The van der Waals surface area contributed by atoms with Crippen molar-refractivity contribution in [3.63, 3.8) is 0 Å². The third-order valence-corrected chi connectivity index (χ3v) is 6.27. The van der Waals surface area contributed by atoms with Crippen LogP contribution in [0.15, 0.2) is 43.8 Å². The predicted octanol–water partition coefficient (Wildman–Crippen LogP) is -1.83. The van der Waals surface area contributed by atoms with E-state index in [-0.39, 0.29) is 24.8 Å². The smallest absolute Gasteiger partial charge is 1.00 e. The monoisotopic (exact) mass is 359 g/mol. The molecule has 3 heteroatoms. The van der Waals surface area contributed by atoms with E-state index in [0.29, 0.717) is 0 Å². The second-order valence-electron chi connectivity index (χ2n) is 4.88. The summed E-state index contributed by atoms with van der Waals surface area (Å²) < 4.78 is 3.48. The molecule has 0 bridgehead atoms. The van der Waals surface area contributed by atoms with Crippen molar-refractivity contribution < 1.29 is 47.6 Å². The third-order valence-electron chi connectivity index (χ3n) is 3.25. The van der Waals surface area contributed by atoms with Gasteiger partial charge in [0.05, 0.1) is 0 Å². The molecule has 0 atom stereocenters. The molecule has 2 aliphatic rings. The molecule has 0 amide bonds. The van der Waals surface area contributed by atoms with Crippen molar-refractivity contribution in [3.8, 4) is 0 Å². The molecular formula is C15H19Cl2Zr.